The van der Waals surface area contributed by atoms with Crippen molar-refractivity contribution in [3.63, 3.8) is 0 Å². The molecule has 0 saturated carbocycles. The van der Waals surface area contributed by atoms with E-state index in [0.717, 1.165) is 0 Å². The lowest BCUT2D eigenvalue weighted by molar-refractivity contribution is -0.0530. The molecule has 1 N–H and O–H groups in total. The number of nitrogens with one attached hydrogen (secondary N) is 1. The Morgan fingerprint density at radius 2 is 2.10 bits per heavy atom. The molecule has 2 rings (SSSR count). The van der Waals surface area contributed by atoms with Gasteiger partial charge in [-0.1, -0.05) is 11.6 Å². The van der Waals surface area contributed by atoms with Crippen molar-refractivity contribution >= 4 is 23.3 Å². The minimum Gasteiger partial charge on any atom is -0.492 e. The van der Waals surface area contributed by atoms with Gasteiger partial charge in [-0.15, -0.1) is 0 Å². The van der Waals surface area contributed by atoms with Gasteiger partial charge in [0, 0.05) is 18.1 Å². The average molecular weight is 313 g/mol. The molecule has 116 valence electrons. The first-order chi connectivity index (χ1) is 9.99. The predicted octanol–water partition coefficient (Wildman–Crippen LogP) is 3.38. The Kier molecular flexibility index (Phi) is 5.31. The van der Waals surface area contributed by atoms with Crippen LogP contribution in [0.3, 0.4) is 0 Å². The van der Waals surface area contributed by atoms with Crippen LogP contribution in [0.25, 0.3) is 0 Å². The summed E-state index contributed by atoms with van der Waals surface area (Å²) in [6.45, 7) is 7.48. The highest BCUT2D eigenvalue weighted by Crippen LogP contribution is 2.28. The van der Waals surface area contributed by atoms with E-state index in [0.29, 0.717) is 36.2 Å². The number of carbonyl (C=O) groups excluding carboxylic acids is 1. The summed E-state index contributed by atoms with van der Waals surface area (Å²) in [5, 5.41) is 3.42. The van der Waals surface area contributed by atoms with Gasteiger partial charge in [-0.25, -0.2) is 4.79 Å². The molecule has 0 aromatic heterocycles. The summed E-state index contributed by atoms with van der Waals surface area (Å²) < 4.78 is 11.1. The molecule has 1 aliphatic rings. The third-order valence-corrected chi connectivity index (χ3v) is 3.42. The zero-order valence-electron chi connectivity index (χ0n) is 12.6. The first-order valence-corrected chi connectivity index (χ1v) is 7.51. The van der Waals surface area contributed by atoms with Crippen molar-refractivity contribution in [2.75, 3.05) is 25.0 Å². The van der Waals surface area contributed by atoms with Crippen molar-refractivity contribution < 1.29 is 14.3 Å². The lowest BCUT2D eigenvalue weighted by Crippen LogP contribution is -2.49. The molecule has 0 radical (unpaired) electrons. The topological polar surface area (TPSA) is 50.8 Å². The van der Waals surface area contributed by atoms with Crippen molar-refractivity contribution in [2.45, 2.75) is 33.0 Å². The maximum absolute atomic E-state index is 12.4. The van der Waals surface area contributed by atoms with Gasteiger partial charge in [-0.2, -0.15) is 0 Å². The normalized spacial score (nSPS) is 22.0. The van der Waals surface area contributed by atoms with E-state index in [-0.39, 0.29) is 18.2 Å². The Morgan fingerprint density at radius 3 is 2.71 bits per heavy atom. The standard InChI is InChI=1S/C15H21ClN2O3/c1-4-20-14-6-5-12(16)7-13(14)17-15(19)18-8-10(2)21-11(3)9-18/h5-7,10-11H,4,8-9H2,1-3H3,(H,17,19). The lowest BCUT2D eigenvalue weighted by atomic mass is 10.2. The second-order valence-corrected chi connectivity index (χ2v) is 5.60. The number of morpholine rings is 1. The summed E-state index contributed by atoms with van der Waals surface area (Å²) in [5.41, 5.74) is 0.584. The molecule has 1 aromatic rings. The largest absolute Gasteiger partial charge is 0.492 e. The zero-order chi connectivity index (χ0) is 15.4. The van der Waals surface area contributed by atoms with Crippen LogP contribution in [-0.4, -0.2) is 42.8 Å². The van der Waals surface area contributed by atoms with Crippen LogP contribution in [0.5, 0.6) is 5.75 Å². The SMILES string of the molecule is CCOc1ccc(Cl)cc1NC(=O)N1CC(C)OC(C)C1. The summed E-state index contributed by atoms with van der Waals surface area (Å²) in [4.78, 5) is 14.1. The number of rotatable bonds is 3. The number of urea groups is 1. The second-order valence-electron chi connectivity index (χ2n) is 5.17. The maximum atomic E-state index is 12.4. The quantitative estimate of drug-likeness (QED) is 0.931. The molecule has 1 heterocycles. The Hall–Kier alpha value is -1.46. The molecule has 5 nitrogen and oxygen atoms in total. The fraction of sp³-hybridized carbons (Fsp3) is 0.533. The van der Waals surface area contributed by atoms with Gasteiger partial charge in [0.05, 0.1) is 24.5 Å². The fourth-order valence-electron chi connectivity index (χ4n) is 2.42. The number of carbonyl (C=O) groups is 1. The van der Waals surface area contributed by atoms with Gasteiger partial charge >= 0.3 is 6.03 Å². The van der Waals surface area contributed by atoms with Crippen LogP contribution in [0.4, 0.5) is 10.5 Å². The van der Waals surface area contributed by atoms with Crippen LogP contribution in [0, 0.1) is 0 Å². The molecule has 2 amide bonds. The summed E-state index contributed by atoms with van der Waals surface area (Å²) in [5.74, 6) is 0.615. The molecule has 2 unspecified atom stereocenters. The predicted molar refractivity (Wildman–Crippen MR) is 83.2 cm³/mol. The number of hydrogen-bond donors (Lipinski definition) is 1. The number of hydrogen-bond acceptors (Lipinski definition) is 3. The van der Waals surface area contributed by atoms with Gasteiger partial charge in [0.2, 0.25) is 0 Å². The highest BCUT2D eigenvalue weighted by Gasteiger charge is 2.26. The van der Waals surface area contributed by atoms with Crippen molar-refractivity contribution in [3.8, 4) is 5.75 Å². The molecule has 0 bridgehead atoms. The Balaban J connectivity index is 2.10. The van der Waals surface area contributed by atoms with Crippen LogP contribution >= 0.6 is 11.6 Å². The summed E-state index contributed by atoms with van der Waals surface area (Å²) in [6.07, 6.45) is 0.0652. The minimum absolute atomic E-state index is 0.0326. The summed E-state index contributed by atoms with van der Waals surface area (Å²) in [6, 6.07) is 5.02. The number of ether oxygens (including phenoxy) is 2. The monoisotopic (exact) mass is 312 g/mol. The summed E-state index contributed by atoms with van der Waals surface area (Å²) in [7, 11) is 0. The number of halogens is 1. The van der Waals surface area contributed by atoms with E-state index in [9.17, 15) is 4.79 Å². The number of amides is 2. The number of anilines is 1. The van der Waals surface area contributed by atoms with E-state index >= 15 is 0 Å². The molecule has 1 saturated heterocycles. The van der Waals surface area contributed by atoms with E-state index in [1.165, 1.54) is 0 Å². The number of benzene rings is 1. The van der Waals surface area contributed by atoms with Crippen molar-refractivity contribution in [1.29, 1.82) is 0 Å². The molecule has 21 heavy (non-hydrogen) atoms. The van der Waals surface area contributed by atoms with E-state index < -0.39 is 0 Å². The van der Waals surface area contributed by atoms with E-state index in [1.54, 1.807) is 23.1 Å². The highest BCUT2D eigenvalue weighted by atomic mass is 35.5. The maximum Gasteiger partial charge on any atom is 0.322 e. The van der Waals surface area contributed by atoms with Crippen LogP contribution in [0.2, 0.25) is 5.02 Å². The lowest BCUT2D eigenvalue weighted by Gasteiger charge is -2.35. The van der Waals surface area contributed by atoms with Crippen molar-refractivity contribution in [2.24, 2.45) is 0 Å². The van der Waals surface area contributed by atoms with Gasteiger partial charge in [0.15, 0.2) is 0 Å². The van der Waals surface area contributed by atoms with E-state index in [4.69, 9.17) is 21.1 Å². The van der Waals surface area contributed by atoms with E-state index in [1.807, 2.05) is 20.8 Å². The van der Waals surface area contributed by atoms with Gasteiger partial charge in [0.1, 0.15) is 5.75 Å². The molecular weight excluding hydrogens is 292 g/mol. The fourth-order valence-corrected chi connectivity index (χ4v) is 2.59. The molecule has 1 aromatic carbocycles. The second kappa shape index (κ2) is 7.00. The molecule has 1 aliphatic heterocycles. The first kappa shape index (κ1) is 15.9. The molecule has 0 aliphatic carbocycles. The molecular formula is C15H21ClN2O3. The Morgan fingerprint density at radius 1 is 1.43 bits per heavy atom. The third-order valence-electron chi connectivity index (χ3n) is 3.19. The Bertz CT molecular complexity index is 500. The minimum atomic E-state index is -0.166. The van der Waals surface area contributed by atoms with E-state index in [2.05, 4.69) is 5.32 Å². The summed E-state index contributed by atoms with van der Waals surface area (Å²) >= 11 is 5.99. The van der Waals surface area contributed by atoms with Crippen molar-refractivity contribution in [3.05, 3.63) is 23.2 Å². The average Bonchev–Trinajstić information content (AvgIpc) is 2.41. The van der Waals surface area contributed by atoms with Crippen LogP contribution in [0.15, 0.2) is 18.2 Å². The Labute approximate surface area is 130 Å². The van der Waals surface area contributed by atoms with Crippen molar-refractivity contribution in [1.82, 2.24) is 4.90 Å². The zero-order valence-corrected chi connectivity index (χ0v) is 13.3. The van der Waals surface area contributed by atoms with Crippen LogP contribution < -0.4 is 10.1 Å². The smallest absolute Gasteiger partial charge is 0.322 e. The number of nitrogens with zero attached hydrogens (tertiary/aromatic N) is 1. The molecule has 1 fully saturated rings. The van der Waals surface area contributed by atoms with Gasteiger partial charge in [0.25, 0.3) is 0 Å². The molecule has 6 heteroatoms. The van der Waals surface area contributed by atoms with Crippen LogP contribution in [0.1, 0.15) is 20.8 Å². The first-order valence-electron chi connectivity index (χ1n) is 7.13. The van der Waals surface area contributed by atoms with Crippen LogP contribution in [-0.2, 0) is 4.74 Å². The highest BCUT2D eigenvalue weighted by molar-refractivity contribution is 6.31. The van der Waals surface area contributed by atoms with Gasteiger partial charge < -0.3 is 19.7 Å². The molecule has 2 atom stereocenters. The van der Waals surface area contributed by atoms with Gasteiger partial charge in [-0.3, -0.25) is 0 Å². The van der Waals surface area contributed by atoms with Gasteiger partial charge in [-0.05, 0) is 39.0 Å². The third kappa shape index (κ3) is 4.25. The molecule has 0 spiro atoms.